The van der Waals surface area contributed by atoms with Gasteiger partial charge in [0.05, 0.1) is 18.0 Å². The van der Waals surface area contributed by atoms with E-state index >= 15 is 0 Å². The van der Waals surface area contributed by atoms with Gasteiger partial charge in [-0.3, -0.25) is 19.3 Å². The van der Waals surface area contributed by atoms with Crippen molar-refractivity contribution in [3.8, 4) is 0 Å². The van der Waals surface area contributed by atoms with Crippen molar-refractivity contribution >= 4 is 35.0 Å². The second-order valence-electron chi connectivity index (χ2n) is 5.38. The van der Waals surface area contributed by atoms with Crippen LogP contribution >= 0.6 is 11.3 Å². The number of aryl methyl sites for hydroxylation is 1. The summed E-state index contributed by atoms with van der Waals surface area (Å²) in [6, 6.07) is 11.6. The van der Waals surface area contributed by atoms with Crippen molar-refractivity contribution in [1.29, 1.82) is 0 Å². The van der Waals surface area contributed by atoms with Gasteiger partial charge in [0.25, 0.3) is 0 Å². The highest BCUT2D eigenvalue weighted by molar-refractivity contribution is 7.14. The highest BCUT2D eigenvalue weighted by Gasteiger charge is 2.45. The van der Waals surface area contributed by atoms with E-state index in [1.54, 1.807) is 36.4 Å². The molecule has 6 nitrogen and oxygen atoms in total. The molecule has 1 aliphatic heterocycles. The average Bonchev–Trinajstić information content (AvgIpc) is 3.09. The van der Waals surface area contributed by atoms with E-state index in [9.17, 15) is 19.2 Å². The van der Waals surface area contributed by atoms with Crippen LogP contribution in [0, 0.1) is 6.92 Å². The molecule has 0 spiro atoms. The summed E-state index contributed by atoms with van der Waals surface area (Å²) in [7, 11) is 0. The lowest BCUT2D eigenvalue weighted by molar-refractivity contribution is -0.143. The molecule has 0 aliphatic carbocycles. The number of ketones is 1. The Balaban J connectivity index is 1.75. The SMILES string of the molecule is Cc1ccc(C(=O)CN2C(=O)C(=O)N(Cc3ccccc3)C2=O)s1. The molecule has 1 aromatic heterocycles. The summed E-state index contributed by atoms with van der Waals surface area (Å²) in [5.41, 5.74) is 0.731. The van der Waals surface area contributed by atoms with Crippen LogP contribution in [-0.4, -0.2) is 40.0 Å². The van der Waals surface area contributed by atoms with Crippen LogP contribution in [0.3, 0.4) is 0 Å². The van der Waals surface area contributed by atoms with Gasteiger partial charge in [0.1, 0.15) is 0 Å². The van der Waals surface area contributed by atoms with Crippen molar-refractivity contribution in [1.82, 2.24) is 9.80 Å². The van der Waals surface area contributed by atoms with Crippen molar-refractivity contribution in [2.45, 2.75) is 13.5 Å². The first-order chi connectivity index (χ1) is 11.5. The van der Waals surface area contributed by atoms with Crippen LogP contribution in [0.25, 0.3) is 0 Å². The smallest absolute Gasteiger partial charge is 0.291 e. The Kier molecular flexibility index (Phi) is 4.26. The summed E-state index contributed by atoms with van der Waals surface area (Å²) < 4.78 is 0. The second kappa shape index (κ2) is 6.37. The minimum absolute atomic E-state index is 0.00699. The molecule has 1 fully saturated rings. The van der Waals surface area contributed by atoms with Crippen molar-refractivity contribution in [3.05, 3.63) is 57.8 Å². The fourth-order valence-electron chi connectivity index (χ4n) is 2.40. The number of carbonyl (C=O) groups excluding carboxylic acids is 4. The third-order valence-electron chi connectivity index (χ3n) is 3.64. The van der Waals surface area contributed by atoms with Crippen LogP contribution in [0.4, 0.5) is 4.79 Å². The van der Waals surface area contributed by atoms with Gasteiger partial charge >= 0.3 is 17.8 Å². The molecule has 0 unspecified atom stereocenters. The normalized spacial score (nSPS) is 14.6. The minimum atomic E-state index is -0.961. The van der Waals surface area contributed by atoms with Gasteiger partial charge in [0.15, 0.2) is 5.78 Å². The first-order valence-electron chi connectivity index (χ1n) is 7.28. The third-order valence-corrected chi connectivity index (χ3v) is 4.68. The summed E-state index contributed by atoms with van der Waals surface area (Å²) in [4.78, 5) is 51.7. The lowest BCUT2D eigenvalue weighted by Crippen LogP contribution is -2.36. The Morgan fingerprint density at radius 1 is 0.958 bits per heavy atom. The fraction of sp³-hybridized carbons (Fsp3) is 0.176. The lowest BCUT2D eigenvalue weighted by atomic mass is 10.2. The maximum Gasteiger partial charge on any atom is 0.334 e. The molecule has 24 heavy (non-hydrogen) atoms. The van der Waals surface area contributed by atoms with E-state index < -0.39 is 24.4 Å². The first-order valence-corrected chi connectivity index (χ1v) is 8.10. The summed E-state index contributed by atoms with van der Waals surface area (Å²) in [5.74, 6) is -2.22. The predicted octanol–water partition coefficient (Wildman–Crippen LogP) is 2.23. The van der Waals surface area contributed by atoms with Gasteiger partial charge in [-0.1, -0.05) is 30.3 Å². The van der Waals surface area contributed by atoms with Crippen molar-refractivity contribution in [3.63, 3.8) is 0 Å². The number of carbonyl (C=O) groups is 4. The molecule has 1 saturated heterocycles. The summed E-state index contributed by atoms with van der Waals surface area (Å²) in [6.07, 6.45) is 0. The molecular weight excluding hydrogens is 328 g/mol. The predicted molar refractivity (Wildman–Crippen MR) is 87.5 cm³/mol. The zero-order valence-corrected chi connectivity index (χ0v) is 13.7. The average molecular weight is 342 g/mol. The second-order valence-corrected chi connectivity index (χ2v) is 6.67. The molecule has 122 valence electrons. The largest absolute Gasteiger partial charge is 0.334 e. The maximum absolute atomic E-state index is 12.4. The van der Waals surface area contributed by atoms with Crippen molar-refractivity contribution in [2.75, 3.05) is 6.54 Å². The Morgan fingerprint density at radius 2 is 1.62 bits per heavy atom. The van der Waals surface area contributed by atoms with Gasteiger partial charge in [0.2, 0.25) is 0 Å². The maximum atomic E-state index is 12.4. The lowest BCUT2D eigenvalue weighted by Gasteiger charge is -2.14. The van der Waals surface area contributed by atoms with E-state index in [2.05, 4.69) is 0 Å². The number of hydrogen-bond donors (Lipinski definition) is 0. The van der Waals surface area contributed by atoms with E-state index in [4.69, 9.17) is 0 Å². The number of amides is 4. The van der Waals surface area contributed by atoms with Gasteiger partial charge in [-0.15, -0.1) is 11.3 Å². The van der Waals surface area contributed by atoms with E-state index in [0.29, 0.717) is 9.78 Å². The van der Waals surface area contributed by atoms with Crippen molar-refractivity contribution < 1.29 is 19.2 Å². The van der Waals surface area contributed by atoms with Gasteiger partial charge in [-0.25, -0.2) is 9.69 Å². The highest BCUT2D eigenvalue weighted by atomic mass is 32.1. The minimum Gasteiger partial charge on any atom is -0.291 e. The van der Waals surface area contributed by atoms with E-state index in [1.165, 1.54) is 11.3 Å². The third kappa shape index (κ3) is 2.98. The molecule has 0 bridgehead atoms. The van der Waals surface area contributed by atoms with E-state index in [-0.39, 0.29) is 12.3 Å². The summed E-state index contributed by atoms with van der Waals surface area (Å²) >= 11 is 1.29. The molecule has 0 saturated carbocycles. The molecule has 0 radical (unpaired) electrons. The standard InChI is InChI=1S/C17H14N2O4S/c1-11-7-8-14(24-11)13(20)10-19-16(22)15(21)18(17(19)23)9-12-5-3-2-4-6-12/h2-8H,9-10H2,1H3. The molecule has 1 aliphatic rings. The first kappa shape index (κ1) is 16.1. The number of benzene rings is 1. The monoisotopic (exact) mass is 342 g/mol. The van der Waals surface area contributed by atoms with Crippen LogP contribution in [0.5, 0.6) is 0 Å². The molecule has 0 N–H and O–H groups in total. The van der Waals surface area contributed by atoms with Gasteiger partial charge in [-0.05, 0) is 24.6 Å². The van der Waals surface area contributed by atoms with Crippen molar-refractivity contribution in [2.24, 2.45) is 0 Å². The molecule has 7 heteroatoms. The summed E-state index contributed by atoms with van der Waals surface area (Å²) in [6.45, 7) is 1.44. The van der Waals surface area contributed by atoms with E-state index in [1.807, 2.05) is 13.0 Å². The number of urea groups is 1. The van der Waals surface area contributed by atoms with Crippen LogP contribution in [0.1, 0.15) is 20.1 Å². The zero-order valence-electron chi connectivity index (χ0n) is 12.9. The van der Waals surface area contributed by atoms with E-state index in [0.717, 1.165) is 15.3 Å². The molecule has 2 aromatic rings. The van der Waals surface area contributed by atoms with Crippen LogP contribution in [0.2, 0.25) is 0 Å². The molecule has 0 atom stereocenters. The fourth-order valence-corrected chi connectivity index (χ4v) is 3.20. The topological polar surface area (TPSA) is 74.8 Å². The van der Waals surface area contributed by atoms with Crippen LogP contribution in [-0.2, 0) is 16.1 Å². The number of Topliss-reactive ketones (excluding diaryl/α,β-unsaturated/α-hetero) is 1. The van der Waals surface area contributed by atoms with Gasteiger partial charge in [-0.2, -0.15) is 0 Å². The number of imide groups is 2. The molecular formula is C17H14N2O4S. The Morgan fingerprint density at radius 3 is 2.25 bits per heavy atom. The van der Waals surface area contributed by atoms with Gasteiger partial charge in [0, 0.05) is 4.88 Å². The molecule has 3 rings (SSSR count). The Bertz CT molecular complexity index is 828. The molecule has 1 aromatic carbocycles. The number of rotatable bonds is 5. The number of thiophene rings is 1. The highest BCUT2D eigenvalue weighted by Crippen LogP contribution is 2.19. The number of hydrogen-bond acceptors (Lipinski definition) is 5. The molecule has 2 heterocycles. The van der Waals surface area contributed by atoms with Crippen LogP contribution in [0.15, 0.2) is 42.5 Å². The zero-order chi connectivity index (χ0) is 17.3. The number of nitrogens with zero attached hydrogens (tertiary/aromatic N) is 2. The molecule has 4 amide bonds. The Hall–Kier alpha value is -2.80. The summed E-state index contributed by atoms with van der Waals surface area (Å²) in [5, 5.41) is 0. The quantitative estimate of drug-likeness (QED) is 0.474. The van der Waals surface area contributed by atoms with Gasteiger partial charge < -0.3 is 0 Å². The Labute approximate surface area is 142 Å². The van der Waals surface area contributed by atoms with Crippen LogP contribution < -0.4 is 0 Å².